The second kappa shape index (κ2) is 15.4. The van der Waals surface area contributed by atoms with E-state index in [1.165, 1.54) is 0 Å². The number of aromatic nitrogens is 2. The number of allylic oxidation sites excluding steroid dienone is 1. The number of benzene rings is 1. The highest BCUT2D eigenvalue weighted by Crippen LogP contribution is 2.21. The first-order chi connectivity index (χ1) is 17.0. The molecular formula is C25H35N5O5. The van der Waals surface area contributed by atoms with E-state index < -0.39 is 6.16 Å². The van der Waals surface area contributed by atoms with Gasteiger partial charge in [-0.3, -0.25) is 4.79 Å². The second-order valence-electron chi connectivity index (χ2n) is 7.69. The fraction of sp³-hybridized carbons (Fsp3) is 0.440. The maximum Gasteiger partial charge on any atom is 0.505 e. The van der Waals surface area contributed by atoms with E-state index >= 15 is 0 Å². The lowest BCUT2D eigenvalue weighted by molar-refractivity contribution is 0.0221. The summed E-state index contributed by atoms with van der Waals surface area (Å²) in [4.78, 5) is 33.6. The molecule has 2 aromatic rings. The van der Waals surface area contributed by atoms with Gasteiger partial charge >= 0.3 is 6.16 Å². The van der Waals surface area contributed by atoms with Crippen LogP contribution in [0.4, 0.5) is 10.6 Å². The van der Waals surface area contributed by atoms with Crippen molar-refractivity contribution in [3.05, 3.63) is 65.6 Å². The highest BCUT2D eigenvalue weighted by Gasteiger charge is 2.24. The minimum atomic E-state index is -1.25. The fourth-order valence-electron chi connectivity index (χ4n) is 3.24. The SMILES string of the molecule is C/C=C/CN(Cc1ccccc1)C(=O)c1cnc(C2CNCCO2)nc1NCCC.COC(=O)O. The maximum absolute atomic E-state index is 13.5. The molecule has 0 spiro atoms. The summed E-state index contributed by atoms with van der Waals surface area (Å²) in [5.74, 6) is 1.07. The Bertz CT molecular complexity index is 949. The number of methoxy groups -OCH3 is 1. The average Bonchev–Trinajstić information content (AvgIpc) is 2.90. The van der Waals surface area contributed by atoms with E-state index in [2.05, 4.69) is 32.3 Å². The van der Waals surface area contributed by atoms with Crippen LogP contribution >= 0.6 is 0 Å². The van der Waals surface area contributed by atoms with Crippen LogP contribution in [0.5, 0.6) is 0 Å². The number of hydrogen-bond acceptors (Lipinski definition) is 8. The molecule has 1 aliphatic heterocycles. The van der Waals surface area contributed by atoms with Crippen LogP contribution in [-0.4, -0.2) is 71.9 Å². The smallest absolute Gasteiger partial charge is 0.450 e. The van der Waals surface area contributed by atoms with Gasteiger partial charge in [0.05, 0.1) is 13.7 Å². The number of rotatable bonds is 9. The molecule has 1 aliphatic rings. The summed E-state index contributed by atoms with van der Waals surface area (Å²) in [6, 6.07) is 10.00. The third-order valence-corrected chi connectivity index (χ3v) is 5.04. The number of amides is 1. The van der Waals surface area contributed by atoms with Crippen LogP contribution in [0.2, 0.25) is 0 Å². The molecule has 0 saturated carbocycles. The summed E-state index contributed by atoms with van der Waals surface area (Å²) in [5.41, 5.74) is 1.56. The van der Waals surface area contributed by atoms with Gasteiger partial charge in [0, 0.05) is 38.9 Å². The third kappa shape index (κ3) is 9.34. The van der Waals surface area contributed by atoms with E-state index in [0.29, 0.717) is 43.4 Å². The zero-order chi connectivity index (χ0) is 25.5. The standard InChI is InChI=1S/C23H31N5O2.C2H4O3/c1-3-5-13-28(17-18-9-7-6-8-10-18)23(29)19-15-26-22(20-16-24-12-14-30-20)27-21(19)25-11-4-2;1-5-2(3)4/h3,5-10,15,20,24H,4,11-14,16-17H2,1-2H3,(H,25,26,27);1H3,(H,3,4)/b5-3+;. The number of morpholine rings is 1. The molecule has 35 heavy (non-hydrogen) atoms. The van der Waals surface area contributed by atoms with Crippen molar-refractivity contribution in [3.8, 4) is 0 Å². The van der Waals surface area contributed by atoms with Gasteiger partial charge in [0.1, 0.15) is 17.5 Å². The van der Waals surface area contributed by atoms with Crippen LogP contribution in [0, 0.1) is 0 Å². The van der Waals surface area contributed by atoms with Crippen molar-refractivity contribution in [3.63, 3.8) is 0 Å². The summed E-state index contributed by atoms with van der Waals surface area (Å²) >= 11 is 0. The molecule has 10 heteroatoms. The average molecular weight is 486 g/mol. The lowest BCUT2D eigenvalue weighted by atomic mass is 10.1. The molecule has 1 fully saturated rings. The van der Waals surface area contributed by atoms with E-state index in [1.807, 2.05) is 54.3 Å². The molecule has 3 rings (SSSR count). The Morgan fingerprint density at radius 2 is 2.09 bits per heavy atom. The van der Waals surface area contributed by atoms with E-state index in [0.717, 1.165) is 32.2 Å². The van der Waals surface area contributed by atoms with Crippen LogP contribution < -0.4 is 10.6 Å². The summed E-state index contributed by atoms with van der Waals surface area (Å²) in [5, 5.41) is 14.1. The Labute approximate surface area is 206 Å². The quantitative estimate of drug-likeness (QED) is 0.361. The van der Waals surface area contributed by atoms with Crippen molar-refractivity contribution in [1.29, 1.82) is 0 Å². The number of anilines is 1. The number of carboxylic acid groups (broad SMARTS) is 1. The second-order valence-corrected chi connectivity index (χ2v) is 7.69. The summed E-state index contributed by atoms with van der Waals surface area (Å²) in [6.45, 7) is 7.93. The van der Waals surface area contributed by atoms with Crippen LogP contribution in [0.15, 0.2) is 48.7 Å². The lowest BCUT2D eigenvalue weighted by Gasteiger charge is -2.25. The van der Waals surface area contributed by atoms with Crippen molar-refractivity contribution in [2.75, 3.05) is 45.2 Å². The topological polar surface area (TPSA) is 126 Å². The predicted octanol–water partition coefficient (Wildman–Crippen LogP) is 3.49. The minimum absolute atomic E-state index is 0.0928. The molecule has 10 nitrogen and oxygen atoms in total. The number of ether oxygens (including phenoxy) is 2. The Morgan fingerprint density at radius 3 is 2.69 bits per heavy atom. The molecule has 0 radical (unpaired) electrons. The van der Waals surface area contributed by atoms with Crippen molar-refractivity contribution in [1.82, 2.24) is 20.2 Å². The summed E-state index contributed by atoms with van der Waals surface area (Å²) in [6.07, 6.45) is 5.05. The zero-order valence-corrected chi connectivity index (χ0v) is 20.6. The molecule has 1 amide bonds. The van der Waals surface area contributed by atoms with Gasteiger partial charge in [-0.25, -0.2) is 14.8 Å². The van der Waals surface area contributed by atoms with E-state index in [1.54, 1.807) is 6.20 Å². The number of hydrogen-bond donors (Lipinski definition) is 3. The molecule has 1 aromatic carbocycles. The molecule has 1 unspecified atom stereocenters. The third-order valence-electron chi connectivity index (χ3n) is 5.04. The van der Waals surface area contributed by atoms with Gasteiger partial charge in [-0.15, -0.1) is 0 Å². The highest BCUT2D eigenvalue weighted by atomic mass is 16.6. The maximum atomic E-state index is 13.5. The Hall–Kier alpha value is -3.50. The Morgan fingerprint density at radius 1 is 1.34 bits per heavy atom. The Balaban J connectivity index is 0.000000784. The van der Waals surface area contributed by atoms with Crippen LogP contribution in [0.25, 0.3) is 0 Å². The summed E-state index contributed by atoms with van der Waals surface area (Å²) in [7, 11) is 1.10. The monoisotopic (exact) mass is 485 g/mol. The van der Waals surface area contributed by atoms with E-state index in [4.69, 9.17) is 14.6 Å². The number of carbonyl (C=O) groups is 2. The van der Waals surface area contributed by atoms with E-state index in [9.17, 15) is 4.79 Å². The molecule has 1 aromatic heterocycles. The van der Waals surface area contributed by atoms with Gasteiger partial charge in [-0.1, -0.05) is 49.4 Å². The Kier molecular flexibility index (Phi) is 12.2. The molecule has 2 heterocycles. The highest BCUT2D eigenvalue weighted by molar-refractivity contribution is 5.98. The van der Waals surface area contributed by atoms with Gasteiger partial charge in [0.25, 0.3) is 5.91 Å². The van der Waals surface area contributed by atoms with Crippen molar-refractivity contribution >= 4 is 17.9 Å². The van der Waals surface area contributed by atoms with Crippen molar-refractivity contribution in [2.24, 2.45) is 0 Å². The normalized spacial score (nSPS) is 15.1. The molecule has 190 valence electrons. The van der Waals surface area contributed by atoms with Crippen LogP contribution in [0.3, 0.4) is 0 Å². The van der Waals surface area contributed by atoms with Crippen molar-refractivity contribution in [2.45, 2.75) is 32.9 Å². The number of nitrogens with zero attached hydrogens (tertiary/aromatic N) is 3. The van der Waals surface area contributed by atoms with Crippen molar-refractivity contribution < 1.29 is 24.2 Å². The molecule has 1 atom stereocenters. The first-order valence-electron chi connectivity index (χ1n) is 11.6. The van der Waals surface area contributed by atoms with Gasteiger partial charge in [-0.05, 0) is 18.9 Å². The first-order valence-corrected chi connectivity index (χ1v) is 11.6. The number of carbonyl (C=O) groups excluding carboxylic acids is 1. The summed E-state index contributed by atoms with van der Waals surface area (Å²) < 4.78 is 9.45. The number of nitrogens with one attached hydrogen (secondary N) is 2. The molecular weight excluding hydrogens is 450 g/mol. The largest absolute Gasteiger partial charge is 0.505 e. The fourth-order valence-corrected chi connectivity index (χ4v) is 3.24. The van der Waals surface area contributed by atoms with Gasteiger partial charge in [0.15, 0.2) is 5.82 Å². The van der Waals surface area contributed by atoms with Crippen LogP contribution in [0.1, 0.15) is 48.1 Å². The lowest BCUT2D eigenvalue weighted by Crippen LogP contribution is -2.35. The zero-order valence-electron chi connectivity index (χ0n) is 20.6. The minimum Gasteiger partial charge on any atom is -0.450 e. The molecule has 0 bridgehead atoms. The van der Waals surface area contributed by atoms with E-state index in [-0.39, 0.29) is 12.0 Å². The molecule has 1 saturated heterocycles. The van der Waals surface area contributed by atoms with Gasteiger partial charge < -0.3 is 30.1 Å². The van der Waals surface area contributed by atoms with Gasteiger partial charge in [-0.2, -0.15) is 0 Å². The van der Waals surface area contributed by atoms with Crippen LogP contribution in [-0.2, 0) is 16.0 Å². The first kappa shape index (κ1) is 27.7. The molecule has 0 aliphatic carbocycles. The molecule has 3 N–H and O–H groups in total. The predicted molar refractivity (Wildman–Crippen MR) is 133 cm³/mol. The van der Waals surface area contributed by atoms with Gasteiger partial charge in [0.2, 0.25) is 0 Å².